The van der Waals surface area contributed by atoms with Gasteiger partial charge in [0.1, 0.15) is 17.5 Å². The number of rotatable bonds is 8. The van der Waals surface area contributed by atoms with Gasteiger partial charge in [-0.25, -0.2) is 19.2 Å². The zero-order chi connectivity index (χ0) is 29.0. The molecule has 7 rings (SSSR count). The summed E-state index contributed by atoms with van der Waals surface area (Å²) in [5.41, 5.74) is 5.38. The fourth-order valence-corrected chi connectivity index (χ4v) is 6.51. The summed E-state index contributed by atoms with van der Waals surface area (Å²) in [5.74, 6) is 0.628. The molecule has 0 spiro atoms. The Kier molecular flexibility index (Phi) is 6.96. The Morgan fingerprint density at radius 1 is 1.10 bits per heavy atom. The van der Waals surface area contributed by atoms with E-state index in [9.17, 15) is 14.3 Å². The molecule has 2 atom stereocenters. The molecule has 0 unspecified atom stereocenters. The lowest BCUT2D eigenvalue weighted by Gasteiger charge is -2.35. The molecule has 0 aliphatic carbocycles. The number of carbonyl (C=O) groups is 1. The molecule has 0 radical (unpaired) electrons. The fraction of sp³-hybridized carbons (Fsp3) is 0.344. The minimum Gasteiger partial charge on any atom is -0.478 e. The highest BCUT2D eigenvalue weighted by atomic mass is 35.5. The number of hydrogen-bond donors (Lipinski definition) is 1. The third-order valence-electron chi connectivity index (χ3n) is 8.62. The zero-order valence-corrected chi connectivity index (χ0v) is 24.0. The second kappa shape index (κ2) is 10.8. The van der Waals surface area contributed by atoms with Gasteiger partial charge in [0.05, 0.1) is 52.9 Å². The lowest BCUT2D eigenvalue weighted by atomic mass is 10.0. The molecule has 1 N–H and O–H groups in total. The maximum Gasteiger partial charge on any atom is 0.335 e. The molecule has 0 amide bonds. The van der Waals surface area contributed by atoms with E-state index in [1.165, 1.54) is 6.07 Å². The number of hydrogen-bond acceptors (Lipinski definition) is 5. The lowest BCUT2D eigenvalue weighted by molar-refractivity contribution is -0.0593. The Balaban J connectivity index is 1.23. The molecule has 5 aromatic rings. The molecular formula is C32H31ClFN5O3. The highest BCUT2D eigenvalue weighted by Crippen LogP contribution is 2.35. The third-order valence-corrected chi connectivity index (χ3v) is 8.86. The Labute approximate surface area is 247 Å². The van der Waals surface area contributed by atoms with Crippen LogP contribution in [0.1, 0.15) is 58.9 Å². The molecule has 2 aliphatic rings. The first-order valence-corrected chi connectivity index (χ1v) is 14.8. The number of halogens is 2. The van der Waals surface area contributed by atoms with Crippen LogP contribution in [0.2, 0.25) is 5.02 Å². The van der Waals surface area contributed by atoms with E-state index in [0.717, 1.165) is 71.8 Å². The largest absolute Gasteiger partial charge is 0.478 e. The summed E-state index contributed by atoms with van der Waals surface area (Å²) < 4.78 is 24.8. The van der Waals surface area contributed by atoms with Gasteiger partial charge in [-0.1, -0.05) is 36.7 Å². The van der Waals surface area contributed by atoms with Crippen molar-refractivity contribution in [3.05, 3.63) is 93.8 Å². The van der Waals surface area contributed by atoms with Crippen LogP contribution >= 0.6 is 11.6 Å². The van der Waals surface area contributed by atoms with Gasteiger partial charge in [0.25, 0.3) is 0 Å². The van der Waals surface area contributed by atoms with Crippen LogP contribution in [0.25, 0.3) is 22.1 Å². The van der Waals surface area contributed by atoms with Crippen molar-refractivity contribution in [1.82, 2.24) is 24.0 Å². The standard InChI is InChI=1S/C32H31ClFN5O3/c1-2-26-31-36-30-20(14-19-6-8-22(33)16-24(19)34)4-3-5-27(30)38(31)12-11-37(26)18-29-35-25-9-7-21(32(40)41)15-28(25)39(29)17-23-10-13-42-23/h3-9,15-16,23,26H,2,10-14,17-18H2,1H3,(H,40,41)/t23-,26-/m0/s1. The molecule has 8 nitrogen and oxygen atoms in total. The van der Waals surface area contributed by atoms with Crippen LogP contribution in [-0.2, 0) is 30.8 Å². The van der Waals surface area contributed by atoms with Crippen molar-refractivity contribution in [1.29, 1.82) is 0 Å². The van der Waals surface area contributed by atoms with Gasteiger partial charge in [-0.05, 0) is 60.4 Å². The first-order chi connectivity index (χ1) is 20.4. The van der Waals surface area contributed by atoms with E-state index in [0.29, 0.717) is 30.1 Å². The monoisotopic (exact) mass is 587 g/mol. The predicted molar refractivity (Wildman–Crippen MR) is 158 cm³/mol. The van der Waals surface area contributed by atoms with E-state index in [1.54, 1.807) is 30.3 Å². The number of para-hydroxylation sites is 1. The van der Waals surface area contributed by atoms with Crippen molar-refractivity contribution >= 4 is 39.6 Å². The van der Waals surface area contributed by atoms with E-state index >= 15 is 0 Å². The average Bonchev–Trinajstić information content (AvgIpc) is 3.50. The number of carboxylic acid groups (broad SMARTS) is 1. The first kappa shape index (κ1) is 27.1. The fourth-order valence-electron chi connectivity index (χ4n) is 6.35. The SMILES string of the molecule is CC[C@H]1c2nc3c(Cc4ccc(Cl)cc4F)cccc3n2CCN1Cc1nc2ccc(C(=O)O)cc2n1C[C@@H]1CCO1. The molecular weight excluding hydrogens is 557 g/mol. The number of aromatic nitrogens is 4. The van der Waals surface area contributed by atoms with Gasteiger partial charge in [-0.3, -0.25) is 4.90 Å². The van der Waals surface area contributed by atoms with Crippen LogP contribution in [0.3, 0.4) is 0 Å². The Bertz CT molecular complexity index is 1830. The lowest BCUT2D eigenvalue weighted by Crippen LogP contribution is -2.39. The van der Waals surface area contributed by atoms with Crippen molar-refractivity contribution in [2.75, 3.05) is 13.2 Å². The molecule has 1 fully saturated rings. The normalized spacial score (nSPS) is 18.8. The topological polar surface area (TPSA) is 85.4 Å². The van der Waals surface area contributed by atoms with E-state index < -0.39 is 5.97 Å². The van der Waals surface area contributed by atoms with Gasteiger partial charge < -0.3 is 19.0 Å². The zero-order valence-electron chi connectivity index (χ0n) is 23.3. The summed E-state index contributed by atoms with van der Waals surface area (Å²) >= 11 is 5.98. The van der Waals surface area contributed by atoms with Gasteiger partial charge in [0, 0.05) is 31.1 Å². The first-order valence-electron chi connectivity index (χ1n) is 14.4. The van der Waals surface area contributed by atoms with Crippen LogP contribution in [0, 0.1) is 5.82 Å². The van der Waals surface area contributed by atoms with Crippen molar-refractivity contribution in [2.24, 2.45) is 0 Å². The average molecular weight is 588 g/mol. The summed E-state index contributed by atoms with van der Waals surface area (Å²) in [7, 11) is 0. The number of benzene rings is 3. The van der Waals surface area contributed by atoms with Crippen LogP contribution in [0.5, 0.6) is 0 Å². The maximum atomic E-state index is 14.7. The molecule has 4 heterocycles. The quantitative estimate of drug-likeness (QED) is 0.232. The third kappa shape index (κ3) is 4.75. The van der Waals surface area contributed by atoms with E-state index in [1.807, 2.05) is 12.1 Å². The van der Waals surface area contributed by atoms with E-state index in [2.05, 4.69) is 27.0 Å². The molecule has 0 saturated carbocycles. The minimum atomic E-state index is -0.953. The van der Waals surface area contributed by atoms with Crippen LogP contribution in [0.4, 0.5) is 4.39 Å². The Hall–Kier alpha value is -3.79. The van der Waals surface area contributed by atoms with E-state index in [-0.39, 0.29) is 23.5 Å². The van der Waals surface area contributed by atoms with Crippen molar-refractivity contribution in [3.63, 3.8) is 0 Å². The van der Waals surface area contributed by atoms with Gasteiger partial charge >= 0.3 is 5.97 Å². The van der Waals surface area contributed by atoms with Crippen molar-refractivity contribution < 1.29 is 19.0 Å². The van der Waals surface area contributed by atoms with Gasteiger partial charge in [0.2, 0.25) is 0 Å². The second-order valence-corrected chi connectivity index (χ2v) is 11.6. The van der Waals surface area contributed by atoms with Crippen LogP contribution < -0.4 is 0 Å². The maximum absolute atomic E-state index is 14.7. The van der Waals surface area contributed by atoms with Gasteiger partial charge in [0.15, 0.2) is 0 Å². The Morgan fingerprint density at radius 3 is 2.69 bits per heavy atom. The molecule has 216 valence electrons. The van der Waals surface area contributed by atoms with Gasteiger partial charge in [-0.2, -0.15) is 0 Å². The highest BCUT2D eigenvalue weighted by Gasteiger charge is 2.32. The number of carboxylic acids is 1. The summed E-state index contributed by atoms with van der Waals surface area (Å²) in [5, 5.41) is 9.98. The summed E-state index contributed by atoms with van der Waals surface area (Å²) in [6.07, 6.45) is 2.37. The van der Waals surface area contributed by atoms with Crippen molar-refractivity contribution in [3.8, 4) is 0 Å². The van der Waals surface area contributed by atoms with Crippen molar-refractivity contribution in [2.45, 2.75) is 58.0 Å². The van der Waals surface area contributed by atoms with Crippen LogP contribution in [-0.4, -0.2) is 54.3 Å². The molecule has 0 bridgehead atoms. The Morgan fingerprint density at radius 2 is 1.95 bits per heavy atom. The molecule has 10 heteroatoms. The molecule has 2 aliphatic heterocycles. The number of fused-ring (bicyclic) bond motifs is 4. The molecule has 42 heavy (non-hydrogen) atoms. The second-order valence-electron chi connectivity index (χ2n) is 11.1. The summed E-state index contributed by atoms with van der Waals surface area (Å²) in [4.78, 5) is 24.2. The number of ether oxygens (including phenoxy) is 1. The summed E-state index contributed by atoms with van der Waals surface area (Å²) in [6.45, 7) is 5.75. The van der Waals surface area contributed by atoms with E-state index in [4.69, 9.17) is 26.3 Å². The molecule has 2 aromatic heterocycles. The minimum absolute atomic E-state index is 0.0639. The number of imidazole rings is 2. The predicted octanol–water partition coefficient (Wildman–Crippen LogP) is 6.22. The van der Waals surface area contributed by atoms with Gasteiger partial charge in [-0.15, -0.1) is 0 Å². The van der Waals surface area contributed by atoms with Crippen LogP contribution in [0.15, 0.2) is 54.6 Å². The number of aromatic carboxylic acids is 1. The molecule has 1 saturated heterocycles. The summed E-state index contributed by atoms with van der Waals surface area (Å²) in [6, 6.07) is 16.1. The number of nitrogens with zero attached hydrogens (tertiary/aromatic N) is 5. The molecule has 3 aromatic carbocycles. The highest BCUT2D eigenvalue weighted by molar-refractivity contribution is 6.30. The smallest absolute Gasteiger partial charge is 0.335 e.